The zero-order valence-electron chi connectivity index (χ0n) is 9.53. The molecular formula is C12H19N3. The highest BCUT2D eigenvalue weighted by atomic mass is 15.0. The van der Waals surface area contributed by atoms with E-state index in [0.29, 0.717) is 17.7 Å². The van der Waals surface area contributed by atoms with Gasteiger partial charge < -0.3 is 5.73 Å². The first-order valence-electron chi connectivity index (χ1n) is 5.78. The van der Waals surface area contributed by atoms with Gasteiger partial charge in [-0.15, -0.1) is 0 Å². The smallest absolute Gasteiger partial charge is 0.134 e. The molecule has 3 nitrogen and oxygen atoms in total. The molecule has 1 aliphatic rings. The molecule has 1 aromatic rings. The standard InChI is InChI=1S/C12H19N3/c1-8(2)6-10-7-11(13)15-12(14-10)9-4-3-5-9/h7-9H,3-6H2,1-2H3,(H2,13,14,15). The van der Waals surface area contributed by atoms with Gasteiger partial charge in [0.25, 0.3) is 0 Å². The molecule has 15 heavy (non-hydrogen) atoms. The molecule has 1 aliphatic carbocycles. The second kappa shape index (κ2) is 4.17. The van der Waals surface area contributed by atoms with Crippen molar-refractivity contribution in [3.05, 3.63) is 17.6 Å². The highest BCUT2D eigenvalue weighted by Gasteiger charge is 2.22. The van der Waals surface area contributed by atoms with Crippen LogP contribution in [-0.4, -0.2) is 9.97 Å². The van der Waals surface area contributed by atoms with Crippen molar-refractivity contribution >= 4 is 5.82 Å². The number of anilines is 1. The van der Waals surface area contributed by atoms with E-state index < -0.39 is 0 Å². The summed E-state index contributed by atoms with van der Waals surface area (Å²) in [7, 11) is 0. The van der Waals surface area contributed by atoms with Gasteiger partial charge in [-0.1, -0.05) is 20.3 Å². The maximum absolute atomic E-state index is 5.80. The Morgan fingerprint density at radius 1 is 1.40 bits per heavy atom. The first-order chi connectivity index (χ1) is 7.15. The predicted octanol–water partition coefficient (Wildman–Crippen LogP) is 2.52. The largest absolute Gasteiger partial charge is 0.384 e. The number of nitrogens with two attached hydrogens (primary N) is 1. The van der Waals surface area contributed by atoms with Crippen LogP contribution in [0.5, 0.6) is 0 Å². The Morgan fingerprint density at radius 2 is 2.13 bits per heavy atom. The number of nitrogen functional groups attached to an aromatic ring is 1. The summed E-state index contributed by atoms with van der Waals surface area (Å²) in [6.45, 7) is 4.39. The second-order valence-electron chi connectivity index (χ2n) is 4.87. The van der Waals surface area contributed by atoms with E-state index in [1.54, 1.807) is 0 Å². The quantitative estimate of drug-likeness (QED) is 0.825. The van der Waals surface area contributed by atoms with Crippen LogP contribution in [0, 0.1) is 5.92 Å². The number of hydrogen-bond acceptors (Lipinski definition) is 3. The summed E-state index contributed by atoms with van der Waals surface area (Å²) < 4.78 is 0. The monoisotopic (exact) mass is 205 g/mol. The van der Waals surface area contributed by atoms with Crippen LogP contribution in [0.4, 0.5) is 5.82 Å². The van der Waals surface area contributed by atoms with Gasteiger partial charge >= 0.3 is 0 Å². The van der Waals surface area contributed by atoms with Gasteiger partial charge in [0.1, 0.15) is 11.6 Å². The molecular weight excluding hydrogens is 186 g/mol. The minimum atomic E-state index is 0.569. The molecule has 0 aliphatic heterocycles. The van der Waals surface area contributed by atoms with Gasteiger partial charge in [-0.3, -0.25) is 0 Å². The molecule has 0 unspecified atom stereocenters. The molecule has 82 valence electrons. The minimum Gasteiger partial charge on any atom is -0.384 e. The van der Waals surface area contributed by atoms with Gasteiger partial charge in [-0.25, -0.2) is 9.97 Å². The normalized spacial score (nSPS) is 16.7. The number of nitrogens with zero attached hydrogens (tertiary/aromatic N) is 2. The van der Waals surface area contributed by atoms with Crippen molar-refractivity contribution < 1.29 is 0 Å². The number of rotatable bonds is 3. The second-order valence-corrected chi connectivity index (χ2v) is 4.87. The number of aromatic nitrogens is 2. The molecule has 0 bridgehead atoms. The third kappa shape index (κ3) is 2.46. The third-order valence-corrected chi connectivity index (χ3v) is 2.90. The average Bonchev–Trinajstić information content (AvgIpc) is 1.96. The predicted molar refractivity (Wildman–Crippen MR) is 61.6 cm³/mol. The van der Waals surface area contributed by atoms with Gasteiger partial charge in [0.05, 0.1) is 0 Å². The van der Waals surface area contributed by atoms with Crippen LogP contribution in [0.2, 0.25) is 0 Å². The van der Waals surface area contributed by atoms with Crippen molar-refractivity contribution in [2.24, 2.45) is 5.92 Å². The molecule has 1 saturated carbocycles. The van der Waals surface area contributed by atoms with Crippen molar-refractivity contribution in [3.8, 4) is 0 Å². The lowest BCUT2D eigenvalue weighted by Crippen LogP contribution is -2.15. The van der Waals surface area contributed by atoms with E-state index in [2.05, 4.69) is 23.8 Å². The Balaban J connectivity index is 2.19. The Kier molecular flexibility index (Phi) is 2.89. The van der Waals surface area contributed by atoms with Crippen LogP contribution < -0.4 is 5.73 Å². The van der Waals surface area contributed by atoms with Crippen LogP contribution in [0.25, 0.3) is 0 Å². The summed E-state index contributed by atoms with van der Waals surface area (Å²) in [4.78, 5) is 8.93. The van der Waals surface area contributed by atoms with E-state index in [1.165, 1.54) is 19.3 Å². The molecule has 2 N–H and O–H groups in total. The summed E-state index contributed by atoms with van der Waals surface area (Å²) in [6.07, 6.45) is 4.75. The third-order valence-electron chi connectivity index (χ3n) is 2.90. The molecule has 0 atom stereocenters. The summed E-state index contributed by atoms with van der Waals surface area (Å²) in [5.74, 6) is 2.78. The van der Waals surface area contributed by atoms with Crippen LogP contribution in [0.3, 0.4) is 0 Å². The topological polar surface area (TPSA) is 51.8 Å². The summed E-state index contributed by atoms with van der Waals surface area (Å²) in [6, 6.07) is 1.90. The van der Waals surface area contributed by atoms with Crippen molar-refractivity contribution in [3.63, 3.8) is 0 Å². The van der Waals surface area contributed by atoms with Crippen molar-refractivity contribution in [2.75, 3.05) is 5.73 Å². The first-order valence-corrected chi connectivity index (χ1v) is 5.78. The fourth-order valence-corrected chi connectivity index (χ4v) is 1.91. The van der Waals surface area contributed by atoms with Crippen LogP contribution in [-0.2, 0) is 6.42 Å². The lowest BCUT2D eigenvalue weighted by atomic mass is 9.85. The molecule has 2 rings (SSSR count). The van der Waals surface area contributed by atoms with Crippen LogP contribution in [0.15, 0.2) is 6.07 Å². The van der Waals surface area contributed by atoms with Crippen LogP contribution in [0.1, 0.15) is 50.5 Å². The Labute approximate surface area is 91.1 Å². The molecule has 0 aromatic carbocycles. The van der Waals surface area contributed by atoms with E-state index in [-0.39, 0.29) is 0 Å². The maximum atomic E-state index is 5.80. The first kappa shape index (κ1) is 10.4. The lowest BCUT2D eigenvalue weighted by Gasteiger charge is -2.24. The van der Waals surface area contributed by atoms with Crippen LogP contribution >= 0.6 is 0 Å². The van der Waals surface area contributed by atoms with Gasteiger partial charge in [-0.05, 0) is 25.2 Å². The van der Waals surface area contributed by atoms with E-state index >= 15 is 0 Å². The zero-order valence-corrected chi connectivity index (χ0v) is 9.53. The molecule has 1 heterocycles. The summed E-state index contributed by atoms with van der Waals surface area (Å²) in [5.41, 5.74) is 6.90. The Bertz CT molecular complexity index is 343. The molecule has 1 fully saturated rings. The highest BCUT2D eigenvalue weighted by molar-refractivity contribution is 5.31. The van der Waals surface area contributed by atoms with Gasteiger partial charge in [0, 0.05) is 17.7 Å². The van der Waals surface area contributed by atoms with E-state index in [0.717, 1.165) is 17.9 Å². The SMILES string of the molecule is CC(C)Cc1cc(N)nc(C2CCC2)n1. The molecule has 1 aromatic heterocycles. The molecule has 0 spiro atoms. The van der Waals surface area contributed by atoms with Gasteiger partial charge in [0.15, 0.2) is 0 Å². The van der Waals surface area contributed by atoms with Crippen molar-refractivity contribution in [2.45, 2.75) is 45.4 Å². The van der Waals surface area contributed by atoms with E-state index in [1.807, 2.05) is 6.07 Å². The van der Waals surface area contributed by atoms with Crippen molar-refractivity contribution in [1.82, 2.24) is 9.97 Å². The van der Waals surface area contributed by atoms with Gasteiger partial charge in [0.2, 0.25) is 0 Å². The molecule has 0 amide bonds. The molecule has 0 radical (unpaired) electrons. The fourth-order valence-electron chi connectivity index (χ4n) is 1.91. The highest BCUT2D eigenvalue weighted by Crippen LogP contribution is 2.34. The Hall–Kier alpha value is -1.12. The molecule has 3 heteroatoms. The van der Waals surface area contributed by atoms with E-state index in [4.69, 9.17) is 5.73 Å². The molecule has 0 saturated heterocycles. The maximum Gasteiger partial charge on any atom is 0.134 e. The number of hydrogen-bond donors (Lipinski definition) is 1. The summed E-state index contributed by atoms with van der Waals surface area (Å²) >= 11 is 0. The van der Waals surface area contributed by atoms with E-state index in [9.17, 15) is 0 Å². The van der Waals surface area contributed by atoms with Gasteiger partial charge in [-0.2, -0.15) is 0 Å². The minimum absolute atomic E-state index is 0.569. The summed E-state index contributed by atoms with van der Waals surface area (Å²) in [5, 5.41) is 0. The van der Waals surface area contributed by atoms with Crippen molar-refractivity contribution in [1.29, 1.82) is 0 Å². The average molecular weight is 205 g/mol. The Morgan fingerprint density at radius 3 is 2.67 bits per heavy atom. The zero-order chi connectivity index (χ0) is 10.8. The fraction of sp³-hybridized carbons (Fsp3) is 0.667. The lowest BCUT2D eigenvalue weighted by molar-refractivity contribution is 0.400.